The van der Waals surface area contributed by atoms with E-state index in [9.17, 15) is 4.79 Å². The van der Waals surface area contributed by atoms with E-state index in [0.717, 1.165) is 24.2 Å². The standard InChI is InChI=1S/C21H27NO3/c22-21(23)20-19(25-20)18-14-8-7-11-16(18)10-5-3-1-2-4-6-12-17-13-9-15-24-17/h7-9,11,13-15,19-20H,1-6,10,12H2,(H2,22,23)/t19-,20+/m0/s1. The van der Waals surface area contributed by atoms with Crippen molar-refractivity contribution >= 4 is 5.91 Å². The molecule has 4 nitrogen and oxygen atoms in total. The van der Waals surface area contributed by atoms with Crippen LogP contribution in [-0.4, -0.2) is 12.0 Å². The van der Waals surface area contributed by atoms with Crippen LogP contribution in [0.15, 0.2) is 47.1 Å². The summed E-state index contributed by atoms with van der Waals surface area (Å²) in [6.45, 7) is 0. The molecule has 2 atom stereocenters. The number of aryl methyl sites for hydroxylation is 2. The third kappa shape index (κ3) is 5.20. The summed E-state index contributed by atoms with van der Waals surface area (Å²) < 4.78 is 10.8. The van der Waals surface area contributed by atoms with Gasteiger partial charge in [-0.15, -0.1) is 0 Å². The fourth-order valence-electron chi connectivity index (χ4n) is 3.38. The topological polar surface area (TPSA) is 68.8 Å². The minimum Gasteiger partial charge on any atom is -0.469 e. The number of nitrogens with two attached hydrogens (primary N) is 1. The average molecular weight is 341 g/mol. The maximum Gasteiger partial charge on any atom is 0.249 e. The summed E-state index contributed by atoms with van der Waals surface area (Å²) in [6.07, 6.45) is 10.7. The lowest BCUT2D eigenvalue weighted by atomic mass is 9.97. The van der Waals surface area contributed by atoms with Gasteiger partial charge in [-0.05, 0) is 42.5 Å². The number of furan rings is 1. The summed E-state index contributed by atoms with van der Waals surface area (Å²) >= 11 is 0. The van der Waals surface area contributed by atoms with Gasteiger partial charge in [0.15, 0.2) is 6.10 Å². The summed E-state index contributed by atoms with van der Waals surface area (Å²) in [6, 6.07) is 12.2. The lowest BCUT2D eigenvalue weighted by molar-refractivity contribution is -0.119. The van der Waals surface area contributed by atoms with Gasteiger partial charge >= 0.3 is 0 Å². The van der Waals surface area contributed by atoms with E-state index >= 15 is 0 Å². The molecule has 2 N–H and O–H groups in total. The molecule has 0 saturated carbocycles. The first-order valence-corrected chi connectivity index (χ1v) is 9.30. The number of primary amides is 1. The monoisotopic (exact) mass is 341 g/mol. The number of amides is 1. The second-order valence-electron chi connectivity index (χ2n) is 6.78. The molecule has 0 radical (unpaired) electrons. The fraction of sp³-hybridized carbons (Fsp3) is 0.476. The van der Waals surface area contributed by atoms with Gasteiger partial charge in [0.1, 0.15) is 11.9 Å². The average Bonchev–Trinajstić information content (AvgIpc) is 3.26. The van der Waals surface area contributed by atoms with Gasteiger partial charge < -0.3 is 14.9 Å². The molecule has 3 rings (SSSR count). The predicted octanol–water partition coefficient (Wildman–Crippen LogP) is 4.33. The van der Waals surface area contributed by atoms with E-state index in [0.29, 0.717) is 0 Å². The minimum absolute atomic E-state index is 0.129. The number of rotatable bonds is 11. The zero-order chi connectivity index (χ0) is 17.5. The van der Waals surface area contributed by atoms with Crippen LogP contribution in [-0.2, 0) is 22.4 Å². The van der Waals surface area contributed by atoms with Gasteiger partial charge in [-0.25, -0.2) is 0 Å². The first-order chi connectivity index (χ1) is 12.3. The van der Waals surface area contributed by atoms with Crippen molar-refractivity contribution in [3.63, 3.8) is 0 Å². The number of unbranched alkanes of at least 4 members (excludes halogenated alkanes) is 5. The van der Waals surface area contributed by atoms with Crippen LogP contribution >= 0.6 is 0 Å². The number of benzene rings is 1. The van der Waals surface area contributed by atoms with Crippen molar-refractivity contribution < 1.29 is 13.9 Å². The first kappa shape index (κ1) is 17.7. The van der Waals surface area contributed by atoms with Gasteiger partial charge in [0.2, 0.25) is 5.91 Å². The van der Waals surface area contributed by atoms with Crippen molar-refractivity contribution in [3.05, 3.63) is 59.5 Å². The normalized spacial score (nSPS) is 19.0. The van der Waals surface area contributed by atoms with Crippen LogP contribution in [0.25, 0.3) is 0 Å². The van der Waals surface area contributed by atoms with Crippen molar-refractivity contribution in [1.29, 1.82) is 0 Å². The van der Waals surface area contributed by atoms with Crippen molar-refractivity contribution in [2.45, 2.75) is 63.6 Å². The zero-order valence-electron chi connectivity index (χ0n) is 14.7. The highest BCUT2D eigenvalue weighted by Gasteiger charge is 2.45. The SMILES string of the molecule is NC(=O)[C@@H]1O[C@H]1c1ccccc1CCCCCCCCc1ccco1. The van der Waals surface area contributed by atoms with Gasteiger partial charge in [-0.2, -0.15) is 0 Å². The fourth-order valence-corrected chi connectivity index (χ4v) is 3.38. The van der Waals surface area contributed by atoms with Gasteiger partial charge in [0.05, 0.1) is 6.26 Å². The molecule has 1 fully saturated rings. The Bertz CT molecular complexity index is 666. The molecule has 134 valence electrons. The summed E-state index contributed by atoms with van der Waals surface area (Å²) in [7, 11) is 0. The molecule has 0 bridgehead atoms. The lowest BCUT2D eigenvalue weighted by Gasteiger charge is -2.07. The Balaban J connectivity index is 1.31. The van der Waals surface area contributed by atoms with Crippen LogP contribution in [0.1, 0.15) is 61.5 Å². The maximum atomic E-state index is 11.2. The van der Waals surface area contributed by atoms with Gasteiger partial charge in [0.25, 0.3) is 0 Å². The lowest BCUT2D eigenvalue weighted by Crippen LogP contribution is -2.18. The Morgan fingerprint density at radius 2 is 1.64 bits per heavy atom. The molecule has 1 saturated heterocycles. The van der Waals surface area contributed by atoms with E-state index in [4.69, 9.17) is 14.9 Å². The minimum atomic E-state index is -0.435. The Hall–Kier alpha value is -2.07. The Morgan fingerprint density at radius 1 is 0.920 bits per heavy atom. The van der Waals surface area contributed by atoms with Gasteiger partial charge in [-0.1, -0.05) is 49.9 Å². The number of carbonyl (C=O) groups excluding carboxylic acids is 1. The van der Waals surface area contributed by atoms with Crippen molar-refractivity contribution in [2.75, 3.05) is 0 Å². The smallest absolute Gasteiger partial charge is 0.249 e. The number of ether oxygens (including phenoxy) is 1. The molecular formula is C21H27NO3. The molecule has 0 spiro atoms. The molecule has 25 heavy (non-hydrogen) atoms. The molecule has 2 heterocycles. The highest BCUT2D eigenvalue weighted by Crippen LogP contribution is 2.40. The van der Waals surface area contributed by atoms with E-state index < -0.39 is 6.10 Å². The Kier molecular flexibility index (Phi) is 6.29. The zero-order valence-corrected chi connectivity index (χ0v) is 14.7. The predicted molar refractivity (Wildman–Crippen MR) is 97.1 cm³/mol. The number of epoxide rings is 1. The Labute approximate surface area is 149 Å². The van der Waals surface area contributed by atoms with Crippen LogP contribution in [0, 0.1) is 0 Å². The molecule has 1 aliphatic rings. The highest BCUT2D eigenvalue weighted by molar-refractivity contribution is 5.82. The van der Waals surface area contributed by atoms with Crippen molar-refractivity contribution in [2.24, 2.45) is 5.73 Å². The molecule has 1 aromatic carbocycles. The summed E-state index contributed by atoms with van der Waals surface area (Å²) in [4.78, 5) is 11.2. The molecule has 0 unspecified atom stereocenters. The summed E-state index contributed by atoms with van der Waals surface area (Å²) in [5.74, 6) is 0.725. The first-order valence-electron chi connectivity index (χ1n) is 9.30. The molecule has 0 aliphatic carbocycles. The molecule has 4 heteroatoms. The molecule has 1 amide bonds. The maximum absolute atomic E-state index is 11.2. The largest absolute Gasteiger partial charge is 0.469 e. The van der Waals surface area contributed by atoms with Gasteiger partial charge in [-0.3, -0.25) is 4.79 Å². The number of hydrogen-bond donors (Lipinski definition) is 1. The number of hydrogen-bond acceptors (Lipinski definition) is 3. The molecular weight excluding hydrogens is 314 g/mol. The second-order valence-corrected chi connectivity index (χ2v) is 6.78. The van der Waals surface area contributed by atoms with Crippen LogP contribution in [0.5, 0.6) is 0 Å². The van der Waals surface area contributed by atoms with E-state index in [1.807, 2.05) is 18.2 Å². The highest BCUT2D eigenvalue weighted by atomic mass is 16.6. The molecule has 1 aromatic heterocycles. The van der Waals surface area contributed by atoms with E-state index in [1.54, 1.807) is 6.26 Å². The molecule has 1 aliphatic heterocycles. The van der Waals surface area contributed by atoms with Crippen LogP contribution in [0.2, 0.25) is 0 Å². The Morgan fingerprint density at radius 3 is 2.32 bits per heavy atom. The quantitative estimate of drug-likeness (QED) is 0.488. The summed E-state index contributed by atoms with van der Waals surface area (Å²) in [5, 5.41) is 0. The third-order valence-corrected chi connectivity index (χ3v) is 4.83. The second kappa shape index (κ2) is 8.86. The third-order valence-electron chi connectivity index (χ3n) is 4.83. The van der Waals surface area contributed by atoms with Crippen LogP contribution < -0.4 is 5.73 Å². The molecule has 2 aromatic rings. The van der Waals surface area contributed by atoms with E-state index in [1.165, 1.54) is 44.1 Å². The van der Waals surface area contributed by atoms with Crippen LogP contribution in [0.3, 0.4) is 0 Å². The van der Waals surface area contributed by atoms with E-state index in [2.05, 4.69) is 18.2 Å². The summed E-state index contributed by atoms with van der Waals surface area (Å²) in [5.41, 5.74) is 7.73. The van der Waals surface area contributed by atoms with Crippen LogP contribution in [0.4, 0.5) is 0 Å². The van der Waals surface area contributed by atoms with E-state index in [-0.39, 0.29) is 12.0 Å². The van der Waals surface area contributed by atoms with Crippen molar-refractivity contribution in [1.82, 2.24) is 0 Å². The number of carbonyl (C=O) groups is 1. The van der Waals surface area contributed by atoms with Crippen molar-refractivity contribution in [3.8, 4) is 0 Å². The van der Waals surface area contributed by atoms with Gasteiger partial charge in [0, 0.05) is 6.42 Å².